The first-order chi connectivity index (χ1) is 17.4. The maximum atomic E-state index is 13.3. The highest BCUT2D eigenvalue weighted by atomic mass is 35.5. The van der Waals surface area contributed by atoms with Gasteiger partial charge in [-0.15, -0.1) is 0 Å². The van der Waals surface area contributed by atoms with Crippen LogP contribution in [0.2, 0.25) is 5.02 Å². The van der Waals surface area contributed by atoms with Crippen molar-refractivity contribution in [3.63, 3.8) is 0 Å². The van der Waals surface area contributed by atoms with E-state index >= 15 is 0 Å². The molecule has 4 rings (SSSR count). The SMILES string of the molecule is CCN(CC)c1ccc(C2/C(=C(\O)c3cc(OC)ccc3Cl)C(=O)C(=O)N2Cc2ccncc2)cc1. The first-order valence-electron chi connectivity index (χ1n) is 11.8. The summed E-state index contributed by atoms with van der Waals surface area (Å²) in [6.45, 7) is 6.05. The highest BCUT2D eigenvalue weighted by molar-refractivity contribution is 6.47. The average molecular weight is 506 g/mol. The van der Waals surface area contributed by atoms with E-state index in [4.69, 9.17) is 16.3 Å². The van der Waals surface area contributed by atoms with Crippen molar-refractivity contribution < 1.29 is 19.4 Å². The number of likely N-dealkylation sites (tertiary alicyclic amines) is 1. The Hall–Kier alpha value is -3.84. The zero-order chi connectivity index (χ0) is 25.8. The lowest BCUT2D eigenvalue weighted by Crippen LogP contribution is -2.29. The van der Waals surface area contributed by atoms with Gasteiger partial charge in [0.1, 0.15) is 11.5 Å². The van der Waals surface area contributed by atoms with Gasteiger partial charge in [0.2, 0.25) is 0 Å². The number of benzene rings is 2. The molecule has 3 aromatic rings. The number of methoxy groups -OCH3 is 1. The molecule has 7 nitrogen and oxygen atoms in total. The number of hydrogen-bond acceptors (Lipinski definition) is 6. The van der Waals surface area contributed by atoms with Crippen LogP contribution in [0.15, 0.2) is 72.6 Å². The number of aliphatic hydroxyl groups excluding tert-OH is 1. The number of halogens is 1. The van der Waals surface area contributed by atoms with Crippen molar-refractivity contribution in [2.75, 3.05) is 25.1 Å². The normalized spacial score (nSPS) is 16.9. The summed E-state index contributed by atoms with van der Waals surface area (Å²) < 4.78 is 5.27. The molecule has 0 aliphatic carbocycles. The molecule has 186 valence electrons. The molecule has 0 bridgehead atoms. The van der Waals surface area contributed by atoms with Gasteiger partial charge in [-0.1, -0.05) is 23.7 Å². The number of carbonyl (C=O) groups is 2. The second kappa shape index (κ2) is 10.8. The maximum absolute atomic E-state index is 13.3. The lowest BCUT2D eigenvalue weighted by Gasteiger charge is -2.27. The molecule has 2 aromatic carbocycles. The van der Waals surface area contributed by atoms with E-state index in [1.165, 1.54) is 12.0 Å². The van der Waals surface area contributed by atoms with Gasteiger partial charge in [-0.2, -0.15) is 0 Å². The van der Waals surface area contributed by atoms with Crippen LogP contribution in [0.5, 0.6) is 5.75 Å². The van der Waals surface area contributed by atoms with Gasteiger partial charge in [-0.25, -0.2) is 0 Å². The number of nitrogens with zero attached hydrogens (tertiary/aromatic N) is 3. The van der Waals surface area contributed by atoms with Crippen LogP contribution < -0.4 is 9.64 Å². The third kappa shape index (κ3) is 4.79. The second-order valence-corrected chi connectivity index (χ2v) is 8.80. The van der Waals surface area contributed by atoms with Crippen LogP contribution in [-0.2, 0) is 16.1 Å². The van der Waals surface area contributed by atoms with E-state index in [1.54, 1.807) is 42.7 Å². The van der Waals surface area contributed by atoms with Crippen molar-refractivity contribution >= 4 is 34.7 Å². The average Bonchev–Trinajstić information content (AvgIpc) is 3.15. The number of aromatic nitrogens is 1. The van der Waals surface area contributed by atoms with E-state index in [2.05, 4.69) is 23.7 Å². The summed E-state index contributed by atoms with van der Waals surface area (Å²) in [5.41, 5.74) is 2.77. The third-order valence-corrected chi connectivity index (χ3v) is 6.74. The summed E-state index contributed by atoms with van der Waals surface area (Å²) in [5, 5.41) is 11.6. The Kier molecular flexibility index (Phi) is 7.60. The fourth-order valence-corrected chi connectivity index (χ4v) is 4.70. The lowest BCUT2D eigenvalue weighted by molar-refractivity contribution is -0.140. The van der Waals surface area contributed by atoms with Gasteiger partial charge >= 0.3 is 0 Å². The van der Waals surface area contributed by atoms with Crippen LogP contribution in [0.25, 0.3) is 5.76 Å². The Balaban J connectivity index is 1.87. The summed E-state index contributed by atoms with van der Waals surface area (Å²) in [4.78, 5) is 34.3. The minimum absolute atomic E-state index is 0.0141. The van der Waals surface area contributed by atoms with Crippen LogP contribution in [0.1, 0.15) is 36.6 Å². The van der Waals surface area contributed by atoms with Gasteiger partial charge in [0.15, 0.2) is 0 Å². The first-order valence-corrected chi connectivity index (χ1v) is 12.1. The highest BCUT2D eigenvalue weighted by Crippen LogP contribution is 2.42. The van der Waals surface area contributed by atoms with Crippen molar-refractivity contribution in [3.8, 4) is 5.75 Å². The third-order valence-electron chi connectivity index (χ3n) is 6.41. The van der Waals surface area contributed by atoms with Crippen molar-refractivity contribution in [1.82, 2.24) is 9.88 Å². The predicted octanol–water partition coefficient (Wildman–Crippen LogP) is 5.21. The standard InChI is InChI=1S/C28H28ClN3O4/c1-4-31(5-2)20-8-6-19(7-9-20)25-24(26(33)22-16-21(36-3)10-11-23(22)29)27(34)28(35)32(25)17-18-12-14-30-15-13-18/h6-16,25,33H,4-5,17H2,1-3H3/b26-24+. The Morgan fingerprint density at radius 3 is 2.33 bits per heavy atom. The van der Waals surface area contributed by atoms with Crippen LogP contribution in [0, 0.1) is 0 Å². The fourth-order valence-electron chi connectivity index (χ4n) is 4.49. The van der Waals surface area contributed by atoms with Crippen LogP contribution >= 0.6 is 11.6 Å². The van der Waals surface area contributed by atoms with Gasteiger partial charge in [-0.3, -0.25) is 14.6 Å². The molecule has 1 amide bonds. The van der Waals surface area contributed by atoms with E-state index in [9.17, 15) is 14.7 Å². The number of rotatable bonds is 8. The van der Waals surface area contributed by atoms with Gasteiger partial charge in [-0.05, 0) is 67.4 Å². The molecule has 8 heteroatoms. The molecular formula is C28H28ClN3O4. The van der Waals surface area contributed by atoms with Crippen LogP contribution in [0.3, 0.4) is 0 Å². The van der Waals surface area contributed by atoms with Gasteiger partial charge in [0.25, 0.3) is 11.7 Å². The van der Waals surface area contributed by atoms with Gasteiger partial charge in [0.05, 0.1) is 23.7 Å². The van der Waals surface area contributed by atoms with Crippen LogP contribution in [-0.4, -0.2) is 46.9 Å². The fraction of sp³-hybridized carbons (Fsp3) is 0.250. The topological polar surface area (TPSA) is 83.0 Å². The van der Waals surface area contributed by atoms with Crippen molar-refractivity contribution in [2.45, 2.75) is 26.4 Å². The molecule has 1 N–H and O–H groups in total. The van der Waals surface area contributed by atoms with E-state index in [-0.39, 0.29) is 28.5 Å². The van der Waals surface area contributed by atoms with Gasteiger partial charge in [0, 0.05) is 43.3 Å². The lowest BCUT2D eigenvalue weighted by atomic mass is 9.94. The molecule has 1 aromatic heterocycles. The minimum atomic E-state index is -0.800. The molecule has 1 aliphatic rings. The van der Waals surface area contributed by atoms with Gasteiger partial charge < -0.3 is 19.6 Å². The molecule has 1 fully saturated rings. The summed E-state index contributed by atoms with van der Waals surface area (Å²) >= 11 is 6.39. The summed E-state index contributed by atoms with van der Waals surface area (Å²) in [6, 6.07) is 15.3. The molecule has 1 aliphatic heterocycles. The Labute approximate surface area is 215 Å². The number of ether oxygens (including phenoxy) is 1. The molecule has 1 unspecified atom stereocenters. The van der Waals surface area contributed by atoms with Crippen molar-refractivity contribution in [2.24, 2.45) is 0 Å². The summed E-state index contributed by atoms with van der Waals surface area (Å²) in [7, 11) is 1.50. The number of aliphatic hydroxyl groups is 1. The molecule has 0 radical (unpaired) electrons. The molecule has 36 heavy (non-hydrogen) atoms. The molecule has 0 spiro atoms. The second-order valence-electron chi connectivity index (χ2n) is 8.39. The van der Waals surface area contributed by atoms with Crippen molar-refractivity contribution in [3.05, 3.63) is 94.3 Å². The summed E-state index contributed by atoms with van der Waals surface area (Å²) in [5.74, 6) is -1.33. The number of pyridine rings is 1. The Bertz CT molecular complexity index is 1290. The number of carbonyl (C=O) groups excluding carboxylic acids is 2. The minimum Gasteiger partial charge on any atom is -0.507 e. The number of hydrogen-bond donors (Lipinski definition) is 1. The molecule has 1 atom stereocenters. The monoisotopic (exact) mass is 505 g/mol. The number of Topliss-reactive ketones (excluding diaryl/α,β-unsaturated/α-hetero) is 1. The zero-order valence-electron chi connectivity index (χ0n) is 20.4. The Morgan fingerprint density at radius 1 is 1.06 bits per heavy atom. The van der Waals surface area contributed by atoms with E-state index < -0.39 is 17.7 Å². The molecule has 1 saturated heterocycles. The smallest absolute Gasteiger partial charge is 0.295 e. The van der Waals surface area contributed by atoms with E-state index in [0.717, 1.165) is 24.3 Å². The quantitative estimate of drug-likeness (QED) is 0.257. The number of amides is 1. The van der Waals surface area contributed by atoms with E-state index in [0.29, 0.717) is 11.3 Å². The molecule has 0 saturated carbocycles. The number of anilines is 1. The van der Waals surface area contributed by atoms with Crippen LogP contribution in [0.4, 0.5) is 5.69 Å². The first kappa shape index (κ1) is 25.3. The largest absolute Gasteiger partial charge is 0.507 e. The van der Waals surface area contributed by atoms with Crippen molar-refractivity contribution in [1.29, 1.82) is 0 Å². The molecular weight excluding hydrogens is 478 g/mol. The number of ketones is 1. The predicted molar refractivity (Wildman–Crippen MR) is 140 cm³/mol. The summed E-state index contributed by atoms with van der Waals surface area (Å²) in [6.07, 6.45) is 3.27. The maximum Gasteiger partial charge on any atom is 0.295 e. The molecule has 2 heterocycles. The van der Waals surface area contributed by atoms with E-state index in [1.807, 2.05) is 24.3 Å². The Morgan fingerprint density at radius 2 is 1.72 bits per heavy atom. The highest BCUT2D eigenvalue weighted by Gasteiger charge is 2.46. The zero-order valence-corrected chi connectivity index (χ0v) is 21.2.